The molecule has 0 aliphatic heterocycles. The van der Waals surface area contributed by atoms with E-state index in [0.29, 0.717) is 0 Å². The van der Waals surface area contributed by atoms with Gasteiger partial charge in [-0.3, -0.25) is 4.79 Å². The van der Waals surface area contributed by atoms with Gasteiger partial charge in [-0.15, -0.1) is 0 Å². The molecule has 0 saturated carbocycles. The fraction of sp³-hybridized carbons (Fsp3) is 0.857. The van der Waals surface area contributed by atoms with E-state index in [1.807, 2.05) is 0 Å². The molecule has 2 atom stereocenters. The third-order valence-corrected chi connectivity index (χ3v) is 1.40. The van der Waals surface area contributed by atoms with Crippen molar-refractivity contribution in [2.45, 2.75) is 31.7 Å². The van der Waals surface area contributed by atoms with Gasteiger partial charge in [0.05, 0.1) is 0 Å². The van der Waals surface area contributed by atoms with Gasteiger partial charge < -0.3 is 14.9 Å². The number of esters is 1. The quantitative estimate of drug-likeness (QED) is 0.660. The van der Waals surface area contributed by atoms with Gasteiger partial charge in [-0.25, -0.2) is 0 Å². The second kappa shape index (κ2) is 5.16. The first-order chi connectivity index (χ1) is 6.29. The number of carbonyl (C=O) groups is 1. The van der Waals surface area contributed by atoms with E-state index in [1.165, 1.54) is 6.92 Å². The second-order valence-corrected chi connectivity index (χ2v) is 2.59. The predicted molar refractivity (Wildman–Crippen MR) is 39.3 cm³/mol. The molecule has 0 aromatic carbocycles. The van der Waals surface area contributed by atoms with Crippen LogP contribution >= 0.6 is 0 Å². The minimum Gasteiger partial charge on any atom is -0.463 e. The molecule has 0 aliphatic carbocycles. The molecule has 4 nitrogen and oxygen atoms in total. The van der Waals surface area contributed by atoms with Crippen molar-refractivity contribution in [1.29, 1.82) is 0 Å². The Morgan fingerprint density at radius 3 is 2.29 bits per heavy atom. The standard InChI is InChI=1S/C7H11F3O4/c1-2-5(12)14-3-4(11)6(13)7(8,9)10/h4,6,11,13H,2-3H2,1H3/t4-,6+/m1/s1. The van der Waals surface area contributed by atoms with E-state index in [2.05, 4.69) is 4.74 Å². The molecule has 0 bridgehead atoms. The number of alkyl halides is 3. The Balaban J connectivity index is 3.96. The first-order valence-corrected chi connectivity index (χ1v) is 3.87. The molecule has 0 spiro atoms. The number of hydrogen-bond acceptors (Lipinski definition) is 4. The lowest BCUT2D eigenvalue weighted by atomic mass is 10.2. The van der Waals surface area contributed by atoms with Gasteiger partial charge in [0.2, 0.25) is 0 Å². The van der Waals surface area contributed by atoms with Crippen molar-refractivity contribution < 1.29 is 32.9 Å². The average Bonchev–Trinajstić information content (AvgIpc) is 2.10. The maximum atomic E-state index is 11.8. The molecule has 84 valence electrons. The van der Waals surface area contributed by atoms with Gasteiger partial charge in [0.15, 0.2) is 6.10 Å². The summed E-state index contributed by atoms with van der Waals surface area (Å²) in [5.74, 6) is -0.738. The molecule has 0 heterocycles. The molecule has 2 N–H and O–H groups in total. The summed E-state index contributed by atoms with van der Waals surface area (Å²) in [6, 6.07) is 0. The van der Waals surface area contributed by atoms with Crippen LogP contribution in [0.25, 0.3) is 0 Å². The van der Waals surface area contributed by atoms with Crippen LogP contribution in [-0.2, 0) is 9.53 Å². The zero-order valence-corrected chi connectivity index (χ0v) is 7.41. The van der Waals surface area contributed by atoms with Crippen LogP contribution < -0.4 is 0 Å². The Morgan fingerprint density at radius 1 is 1.43 bits per heavy atom. The monoisotopic (exact) mass is 216 g/mol. The molecule has 0 fully saturated rings. The van der Waals surface area contributed by atoms with Gasteiger partial charge in [-0.1, -0.05) is 6.92 Å². The van der Waals surface area contributed by atoms with Crippen molar-refractivity contribution in [2.75, 3.05) is 6.61 Å². The topological polar surface area (TPSA) is 66.8 Å². The third kappa shape index (κ3) is 4.43. The van der Waals surface area contributed by atoms with E-state index in [0.717, 1.165) is 0 Å². The minimum atomic E-state index is -4.92. The van der Waals surface area contributed by atoms with Crippen molar-refractivity contribution >= 4 is 5.97 Å². The summed E-state index contributed by atoms with van der Waals surface area (Å²) in [4.78, 5) is 10.5. The predicted octanol–water partition coefficient (Wildman–Crippen LogP) is 0.224. The lowest BCUT2D eigenvalue weighted by molar-refractivity contribution is -0.235. The Morgan fingerprint density at radius 2 is 1.93 bits per heavy atom. The van der Waals surface area contributed by atoms with Gasteiger partial charge in [0, 0.05) is 6.42 Å². The molecule has 0 radical (unpaired) electrons. The van der Waals surface area contributed by atoms with E-state index in [9.17, 15) is 18.0 Å². The maximum Gasteiger partial charge on any atom is 0.417 e. The van der Waals surface area contributed by atoms with E-state index in [4.69, 9.17) is 10.2 Å². The number of aliphatic hydroxyl groups excluding tert-OH is 2. The fourth-order valence-corrected chi connectivity index (χ4v) is 0.590. The zero-order valence-electron chi connectivity index (χ0n) is 7.41. The molecular weight excluding hydrogens is 205 g/mol. The van der Waals surface area contributed by atoms with Crippen LogP contribution in [0.2, 0.25) is 0 Å². The molecule has 0 saturated heterocycles. The van der Waals surface area contributed by atoms with Crippen LogP contribution in [0.4, 0.5) is 13.2 Å². The summed E-state index contributed by atoms with van der Waals surface area (Å²) in [5.41, 5.74) is 0. The van der Waals surface area contributed by atoms with Crippen molar-refractivity contribution in [3.05, 3.63) is 0 Å². The Labute approximate surface area is 78.3 Å². The maximum absolute atomic E-state index is 11.8. The third-order valence-electron chi connectivity index (χ3n) is 1.40. The van der Waals surface area contributed by atoms with Crippen LogP contribution in [0.1, 0.15) is 13.3 Å². The highest BCUT2D eigenvalue weighted by Gasteiger charge is 2.43. The number of carbonyl (C=O) groups excluding carboxylic acids is 1. The average molecular weight is 216 g/mol. The van der Waals surface area contributed by atoms with Crippen molar-refractivity contribution in [3.8, 4) is 0 Å². The van der Waals surface area contributed by atoms with E-state index in [1.54, 1.807) is 0 Å². The number of aliphatic hydroxyl groups is 2. The highest BCUT2D eigenvalue weighted by atomic mass is 19.4. The van der Waals surface area contributed by atoms with Gasteiger partial charge in [-0.2, -0.15) is 13.2 Å². The summed E-state index contributed by atoms with van der Waals surface area (Å²) in [6.07, 6.45) is -9.97. The van der Waals surface area contributed by atoms with E-state index >= 15 is 0 Å². The van der Waals surface area contributed by atoms with Crippen molar-refractivity contribution in [2.24, 2.45) is 0 Å². The Bertz CT molecular complexity index is 192. The lowest BCUT2D eigenvalue weighted by Gasteiger charge is -2.19. The highest BCUT2D eigenvalue weighted by molar-refractivity contribution is 5.68. The summed E-state index contributed by atoms with van der Waals surface area (Å²) in [5, 5.41) is 17.2. The molecular formula is C7H11F3O4. The van der Waals surface area contributed by atoms with Gasteiger partial charge >= 0.3 is 12.1 Å². The van der Waals surface area contributed by atoms with E-state index < -0.39 is 31.0 Å². The highest BCUT2D eigenvalue weighted by Crippen LogP contribution is 2.22. The number of halogens is 3. The van der Waals surface area contributed by atoms with Gasteiger partial charge in [0.1, 0.15) is 12.7 Å². The summed E-state index contributed by atoms with van der Waals surface area (Å²) in [6.45, 7) is 0.586. The van der Waals surface area contributed by atoms with Crippen LogP contribution in [0, 0.1) is 0 Å². The summed E-state index contributed by atoms with van der Waals surface area (Å²) >= 11 is 0. The molecule has 0 unspecified atom stereocenters. The Hall–Kier alpha value is -0.820. The van der Waals surface area contributed by atoms with Crippen molar-refractivity contribution in [1.82, 2.24) is 0 Å². The minimum absolute atomic E-state index is 0.00513. The SMILES string of the molecule is CCC(=O)OC[C@@H](O)[C@H](O)C(F)(F)F. The Kier molecular flexibility index (Phi) is 4.86. The first kappa shape index (κ1) is 13.2. The second-order valence-electron chi connectivity index (χ2n) is 2.59. The molecule has 0 aliphatic rings. The van der Waals surface area contributed by atoms with Gasteiger partial charge in [-0.05, 0) is 0 Å². The zero-order chi connectivity index (χ0) is 11.4. The molecule has 7 heteroatoms. The molecule has 14 heavy (non-hydrogen) atoms. The largest absolute Gasteiger partial charge is 0.463 e. The fourth-order valence-electron chi connectivity index (χ4n) is 0.590. The lowest BCUT2D eigenvalue weighted by Crippen LogP contribution is -2.42. The van der Waals surface area contributed by atoms with Crippen LogP contribution in [0.3, 0.4) is 0 Å². The molecule has 0 amide bonds. The van der Waals surface area contributed by atoms with Gasteiger partial charge in [0.25, 0.3) is 0 Å². The summed E-state index contributed by atoms with van der Waals surface area (Å²) < 4.78 is 39.5. The smallest absolute Gasteiger partial charge is 0.417 e. The number of rotatable bonds is 4. The normalized spacial score (nSPS) is 16.1. The molecule has 0 aromatic rings. The number of hydrogen-bond donors (Lipinski definition) is 2. The molecule has 0 rings (SSSR count). The summed E-state index contributed by atoms with van der Waals surface area (Å²) in [7, 11) is 0. The van der Waals surface area contributed by atoms with Crippen molar-refractivity contribution in [3.63, 3.8) is 0 Å². The first-order valence-electron chi connectivity index (χ1n) is 3.87. The van der Waals surface area contributed by atoms with Crippen LogP contribution in [0.5, 0.6) is 0 Å². The van der Waals surface area contributed by atoms with Crippen LogP contribution in [0.15, 0.2) is 0 Å². The molecule has 0 aromatic heterocycles. The number of ether oxygens (including phenoxy) is 1. The van der Waals surface area contributed by atoms with Crippen LogP contribution in [-0.4, -0.2) is 41.2 Å². The van der Waals surface area contributed by atoms with E-state index in [-0.39, 0.29) is 6.42 Å².